The highest BCUT2D eigenvalue weighted by Crippen LogP contribution is 2.39. The molecule has 150 valence electrons. The quantitative estimate of drug-likeness (QED) is 0.650. The van der Waals surface area contributed by atoms with Crippen molar-refractivity contribution in [1.82, 2.24) is 4.90 Å². The second kappa shape index (κ2) is 8.74. The summed E-state index contributed by atoms with van der Waals surface area (Å²) in [5.74, 6) is 0.925. The van der Waals surface area contributed by atoms with Gasteiger partial charge in [-0.15, -0.1) is 0 Å². The third-order valence-corrected chi connectivity index (χ3v) is 5.54. The van der Waals surface area contributed by atoms with Gasteiger partial charge in [-0.05, 0) is 84.2 Å². The summed E-state index contributed by atoms with van der Waals surface area (Å²) in [5, 5.41) is 0. The van der Waals surface area contributed by atoms with Gasteiger partial charge in [-0.1, -0.05) is 12.1 Å². The van der Waals surface area contributed by atoms with E-state index in [1.807, 2.05) is 26.0 Å². The second-order valence-electron chi connectivity index (χ2n) is 9.16. The molecule has 1 atom stereocenters. The molecule has 0 amide bonds. The molecular weight excluding hydrogens is 336 g/mol. The van der Waals surface area contributed by atoms with Crippen LogP contribution in [-0.4, -0.2) is 49.1 Å². The number of hydrogen-bond donors (Lipinski definition) is 0. The Kier molecular flexibility index (Phi) is 6.59. The van der Waals surface area contributed by atoms with Crippen LogP contribution in [0.3, 0.4) is 0 Å². The normalized spacial score (nSPS) is 26.1. The maximum Gasteiger partial charge on any atom is 0.119 e. The third-order valence-electron chi connectivity index (χ3n) is 5.54. The molecule has 0 aromatic heterocycles. The van der Waals surface area contributed by atoms with Crippen LogP contribution >= 0.6 is 0 Å². The minimum atomic E-state index is -0.0696. The molecule has 0 radical (unpaired) electrons. The van der Waals surface area contributed by atoms with Crippen molar-refractivity contribution < 1.29 is 9.47 Å². The predicted molar refractivity (Wildman–Crippen MR) is 112 cm³/mol. The number of nitrogens with zero attached hydrogens (tertiary/aromatic N) is 2. The van der Waals surface area contributed by atoms with Crippen LogP contribution in [0.2, 0.25) is 0 Å². The molecule has 0 N–H and O–H groups in total. The Morgan fingerprint density at radius 1 is 1.19 bits per heavy atom. The van der Waals surface area contributed by atoms with Gasteiger partial charge in [0, 0.05) is 24.8 Å². The fourth-order valence-corrected chi connectivity index (χ4v) is 4.48. The third kappa shape index (κ3) is 6.05. The zero-order valence-corrected chi connectivity index (χ0v) is 17.5. The molecule has 2 heterocycles. The van der Waals surface area contributed by atoms with E-state index in [0.29, 0.717) is 0 Å². The summed E-state index contributed by atoms with van der Waals surface area (Å²) in [6.07, 6.45) is 7.24. The lowest BCUT2D eigenvalue weighted by molar-refractivity contribution is -0.0897. The molecule has 0 bridgehead atoms. The highest BCUT2D eigenvalue weighted by atomic mass is 16.5. The van der Waals surface area contributed by atoms with Crippen LogP contribution < -0.4 is 4.74 Å². The molecule has 3 rings (SSSR count). The molecule has 2 fully saturated rings. The Hall–Kier alpha value is -1.39. The van der Waals surface area contributed by atoms with Gasteiger partial charge in [-0.25, -0.2) is 0 Å². The average Bonchev–Trinajstić information content (AvgIpc) is 3.07. The van der Waals surface area contributed by atoms with Crippen molar-refractivity contribution in [2.24, 2.45) is 10.4 Å². The molecule has 2 aliphatic rings. The molecule has 1 aromatic rings. The van der Waals surface area contributed by atoms with Crippen LogP contribution in [0.5, 0.6) is 5.75 Å². The smallest absolute Gasteiger partial charge is 0.119 e. The molecule has 4 heteroatoms. The number of likely N-dealkylation sites (tertiary alicyclic amines) is 1. The number of rotatable bonds is 7. The highest BCUT2D eigenvalue weighted by molar-refractivity contribution is 5.66. The van der Waals surface area contributed by atoms with E-state index < -0.39 is 0 Å². The Bertz CT molecular complexity index is 618. The van der Waals surface area contributed by atoms with Gasteiger partial charge in [0.05, 0.1) is 18.2 Å². The van der Waals surface area contributed by atoms with Crippen LogP contribution in [0.25, 0.3) is 0 Å². The summed E-state index contributed by atoms with van der Waals surface area (Å²) >= 11 is 0. The fraction of sp³-hybridized carbons (Fsp3) is 0.696. The maximum atomic E-state index is 6.00. The molecular formula is C23H36N2O2. The SMILES string of the molecule is CC(C)Oc1ccc(CN=C[C@]2(CN3CCCC3)CCOC(C)(C)C2)cc1. The molecule has 0 aliphatic carbocycles. The summed E-state index contributed by atoms with van der Waals surface area (Å²) < 4.78 is 11.7. The average molecular weight is 373 g/mol. The zero-order chi connectivity index (χ0) is 19.3. The van der Waals surface area contributed by atoms with Crippen LogP contribution in [-0.2, 0) is 11.3 Å². The fourth-order valence-electron chi connectivity index (χ4n) is 4.48. The summed E-state index contributed by atoms with van der Waals surface area (Å²) in [6, 6.07) is 8.33. The summed E-state index contributed by atoms with van der Waals surface area (Å²) in [4.78, 5) is 7.50. The monoisotopic (exact) mass is 372 g/mol. The van der Waals surface area contributed by atoms with Gasteiger partial charge in [0.15, 0.2) is 0 Å². The largest absolute Gasteiger partial charge is 0.491 e. The number of aliphatic imine (C=N–C) groups is 1. The van der Waals surface area contributed by atoms with E-state index in [1.165, 1.54) is 31.5 Å². The molecule has 27 heavy (non-hydrogen) atoms. The first-order chi connectivity index (χ1) is 12.9. The lowest BCUT2D eigenvalue weighted by Crippen LogP contribution is -2.48. The van der Waals surface area contributed by atoms with Crippen molar-refractivity contribution in [2.75, 3.05) is 26.2 Å². The van der Waals surface area contributed by atoms with Gasteiger partial charge >= 0.3 is 0 Å². The van der Waals surface area contributed by atoms with E-state index in [2.05, 4.69) is 37.1 Å². The zero-order valence-electron chi connectivity index (χ0n) is 17.5. The van der Waals surface area contributed by atoms with Crippen molar-refractivity contribution >= 4 is 6.21 Å². The van der Waals surface area contributed by atoms with E-state index in [9.17, 15) is 0 Å². The Balaban J connectivity index is 1.66. The number of ether oxygens (including phenoxy) is 2. The molecule has 0 unspecified atom stereocenters. The van der Waals surface area contributed by atoms with E-state index in [1.54, 1.807) is 0 Å². The lowest BCUT2D eigenvalue weighted by atomic mass is 9.74. The molecule has 1 aromatic carbocycles. The highest BCUT2D eigenvalue weighted by Gasteiger charge is 2.41. The van der Waals surface area contributed by atoms with Crippen molar-refractivity contribution in [1.29, 1.82) is 0 Å². The van der Waals surface area contributed by atoms with E-state index >= 15 is 0 Å². The van der Waals surface area contributed by atoms with Crippen LogP contribution in [0.4, 0.5) is 0 Å². The standard InChI is InChI=1S/C23H36N2O2/c1-19(2)27-21-9-7-20(8-10-21)15-24-17-23(18-25-12-5-6-13-25)11-14-26-22(3,4)16-23/h7-10,17,19H,5-6,11-16,18H2,1-4H3/t23-/m0/s1. The number of hydrogen-bond acceptors (Lipinski definition) is 4. The number of benzene rings is 1. The van der Waals surface area contributed by atoms with Gasteiger partial charge in [0.25, 0.3) is 0 Å². The van der Waals surface area contributed by atoms with Crippen molar-refractivity contribution in [2.45, 2.75) is 71.6 Å². The van der Waals surface area contributed by atoms with Crippen LogP contribution in [0.1, 0.15) is 58.9 Å². The first-order valence-electron chi connectivity index (χ1n) is 10.5. The van der Waals surface area contributed by atoms with Gasteiger partial charge in [0.2, 0.25) is 0 Å². The second-order valence-corrected chi connectivity index (χ2v) is 9.16. The van der Waals surface area contributed by atoms with Gasteiger partial charge in [-0.3, -0.25) is 4.99 Å². The van der Waals surface area contributed by atoms with Crippen LogP contribution in [0.15, 0.2) is 29.3 Å². The van der Waals surface area contributed by atoms with Crippen LogP contribution in [0, 0.1) is 5.41 Å². The minimum absolute atomic E-state index is 0.0696. The molecule has 2 aliphatic heterocycles. The molecule has 4 nitrogen and oxygen atoms in total. The van der Waals surface area contributed by atoms with E-state index in [0.717, 1.165) is 38.3 Å². The molecule has 0 saturated carbocycles. The van der Waals surface area contributed by atoms with Gasteiger partial charge < -0.3 is 14.4 Å². The topological polar surface area (TPSA) is 34.1 Å². The first-order valence-corrected chi connectivity index (χ1v) is 10.5. The molecule has 0 spiro atoms. The Labute approximate surface area is 165 Å². The summed E-state index contributed by atoms with van der Waals surface area (Å²) in [5.41, 5.74) is 1.29. The summed E-state index contributed by atoms with van der Waals surface area (Å²) in [7, 11) is 0. The van der Waals surface area contributed by atoms with E-state index in [-0.39, 0.29) is 17.1 Å². The Morgan fingerprint density at radius 3 is 2.52 bits per heavy atom. The van der Waals surface area contributed by atoms with E-state index in [4.69, 9.17) is 14.5 Å². The predicted octanol–water partition coefficient (Wildman–Crippen LogP) is 4.72. The van der Waals surface area contributed by atoms with Gasteiger partial charge in [0.1, 0.15) is 5.75 Å². The maximum absolute atomic E-state index is 6.00. The van der Waals surface area contributed by atoms with Crippen molar-refractivity contribution in [3.8, 4) is 5.75 Å². The van der Waals surface area contributed by atoms with Gasteiger partial charge in [-0.2, -0.15) is 0 Å². The van der Waals surface area contributed by atoms with Crippen molar-refractivity contribution in [3.63, 3.8) is 0 Å². The minimum Gasteiger partial charge on any atom is -0.491 e. The molecule has 2 saturated heterocycles. The first kappa shape index (κ1) is 20.3. The lowest BCUT2D eigenvalue weighted by Gasteiger charge is -2.44. The summed E-state index contributed by atoms with van der Waals surface area (Å²) in [6.45, 7) is 13.7. The Morgan fingerprint density at radius 2 is 1.89 bits per heavy atom. The van der Waals surface area contributed by atoms with Crippen molar-refractivity contribution in [3.05, 3.63) is 29.8 Å².